The van der Waals surface area contributed by atoms with Crippen molar-refractivity contribution in [1.29, 1.82) is 5.26 Å². The second-order valence-electron chi connectivity index (χ2n) is 4.77. The second-order valence-corrected chi connectivity index (χ2v) is 4.77. The number of benzene rings is 1. The van der Waals surface area contributed by atoms with E-state index < -0.39 is 0 Å². The first-order chi connectivity index (χ1) is 9.29. The maximum absolute atomic E-state index is 9.16. The van der Waals surface area contributed by atoms with E-state index in [-0.39, 0.29) is 6.10 Å². The third kappa shape index (κ3) is 2.13. The predicted octanol–water partition coefficient (Wildman–Crippen LogP) is 2.33. The Balaban J connectivity index is 2.12. The molecule has 1 aromatic heterocycles. The van der Waals surface area contributed by atoms with Crippen LogP contribution in [-0.4, -0.2) is 30.8 Å². The van der Waals surface area contributed by atoms with Gasteiger partial charge in [0.15, 0.2) is 0 Å². The average molecular weight is 253 g/mol. The van der Waals surface area contributed by atoms with E-state index in [1.807, 2.05) is 24.3 Å². The van der Waals surface area contributed by atoms with Gasteiger partial charge < -0.3 is 9.64 Å². The molecule has 0 spiro atoms. The molecule has 1 aliphatic heterocycles. The topological polar surface area (TPSA) is 49.2 Å². The molecule has 1 aromatic carbocycles. The van der Waals surface area contributed by atoms with Gasteiger partial charge in [-0.15, -0.1) is 0 Å². The lowest BCUT2D eigenvalue weighted by Crippen LogP contribution is -2.41. The summed E-state index contributed by atoms with van der Waals surface area (Å²) in [7, 11) is 0. The first-order valence-electron chi connectivity index (χ1n) is 6.44. The monoisotopic (exact) mass is 253 g/mol. The Hall–Kier alpha value is -2.12. The van der Waals surface area contributed by atoms with Gasteiger partial charge in [0.2, 0.25) is 0 Å². The third-order valence-electron chi connectivity index (χ3n) is 3.45. The van der Waals surface area contributed by atoms with E-state index >= 15 is 0 Å². The minimum atomic E-state index is 0.233. The number of ether oxygens (including phenoxy) is 1. The standard InChI is InChI=1S/C15H15N3O/c1-11-10-18(7-8-19-11)14-5-4-12(9-16)15-13(14)3-2-6-17-15/h2-6,11H,7-8,10H2,1H3/t11-/m1/s1. The molecule has 0 amide bonds. The van der Waals surface area contributed by atoms with Gasteiger partial charge in [-0.1, -0.05) is 0 Å². The molecule has 1 atom stereocenters. The molecule has 19 heavy (non-hydrogen) atoms. The molecule has 0 unspecified atom stereocenters. The minimum absolute atomic E-state index is 0.233. The Bertz CT molecular complexity index is 647. The van der Waals surface area contributed by atoms with Crippen LogP contribution in [0.3, 0.4) is 0 Å². The van der Waals surface area contributed by atoms with Gasteiger partial charge in [0.05, 0.1) is 23.8 Å². The highest BCUT2D eigenvalue weighted by Gasteiger charge is 2.19. The van der Waals surface area contributed by atoms with Crippen molar-refractivity contribution in [2.24, 2.45) is 0 Å². The molecule has 2 heterocycles. The summed E-state index contributed by atoms with van der Waals surface area (Å²) in [6, 6.07) is 10.0. The molecule has 0 radical (unpaired) electrons. The Kier molecular flexibility index (Phi) is 3.06. The fourth-order valence-electron chi connectivity index (χ4n) is 2.56. The zero-order valence-electron chi connectivity index (χ0n) is 10.8. The van der Waals surface area contributed by atoms with Crippen molar-refractivity contribution >= 4 is 16.6 Å². The molecule has 3 rings (SSSR count). The molecule has 0 aliphatic carbocycles. The van der Waals surface area contributed by atoms with Gasteiger partial charge >= 0.3 is 0 Å². The van der Waals surface area contributed by atoms with E-state index in [0.717, 1.165) is 36.3 Å². The zero-order valence-corrected chi connectivity index (χ0v) is 10.8. The summed E-state index contributed by atoms with van der Waals surface area (Å²) in [5, 5.41) is 10.2. The van der Waals surface area contributed by atoms with Crippen molar-refractivity contribution < 1.29 is 4.74 Å². The molecular formula is C15H15N3O. The fraction of sp³-hybridized carbons (Fsp3) is 0.333. The van der Waals surface area contributed by atoms with Crippen LogP contribution in [0.4, 0.5) is 5.69 Å². The molecule has 1 aliphatic rings. The van der Waals surface area contributed by atoms with E-state index in [1.165, 1.54) is 0 Å². The van der Waals surface area contributed by atoms with E-state index in [1.54, 1.807) is 6.20 Å². The molecule has 2 aromatic rings. The SMILES string of the molecule is C[C@@H]1CN(c2ccc(C#N)c3ncccc23)CCO1. The van der Waals surface area contributed by atoms with Crippen LogP contribution in [0.1, 0.15) is 12.5 Å². The Labute approximate surface area is 112 Å². The molecule has 0 bridgehead atoms. The highest BCUT2D eigenvalue weighted by molar-refractivity contribution is 5.95. The van der Waals surface area contributed by atoms with Crippen molar-refractivity contribution in [3.63, 3.8) is 0 Å². The first kappa shape index (κ1) is 11.9. The summed E-state index contributed by atoms with van der Waals surface area (Å²) in [6.07, 6.45) is 1.96. The summed E-state index contributed by atoms with van der Waals surface area (Å²) in [4.78, 5) is 6.65. The maximum atomic E-state index is 9.16. The summed E-state index contributed by atoms with van der Waals surface area (Å²) in [6.45, 7) is 4.56. The lowest BCUT2D eigenvalue weighted by atomic mass is 10.1. The highest BCUT2D eigenvalue weighted by Crippen LogP contribution is 2.29. The van der Waals surface area contributed by atoms with Crippen LogP contribution in [0.15, 0.2) is 30.5 Å². The largest absolute Gasteiger partial charge is 0.375 e. The number of pyridine rings is 1. The number of rotatable bonds is 1. The summed E-state index contributed by atoms with van der Waals surface area (Å²) in [5.41, 5.74) is 2.54. The highest BCUT2D eigenvalue weighted by atomic mass is 16.5. The molecule has 0 saturated carbocycles. The van der Waals surface area contributed by atoms with E-state index in [4.69, 9.17) is 10.00 Å². The van der Waals surface area contributed by atoms with Gasteiger partial charge in [-0.3, -0.25) is 4.98 Å². The lowest BCUT2D eigenvalue weighted by Gasteiger charge is -2.33. The van der Waals surface area contributed by atoms with Gasteiger partial charge in [0.25, 0.3) is 0 Å². The molecule has 1 fully saturated rings. The zero-order chi connectivity index (χ0) is 13.2. The molecule has 4 nitrogen and oxygen atoms in total. The number of fused-ring (bicyclic) bond motifs is 1. The number of hydrogen-bond donors (Lipinski definition) is 0. The van der Waals surface area contributed by atoms with Crippen LogP contribution in [0.25, 0.3) is 10.9 Å². The summed E-state index contributed by atoms with van der Waals surface area (Å²) in [5.74, 6) is 0. The lowest BCUT2D eigenvalue weighted by molar-refractivity contribution is 0.0533. The van der Waals surface area contributed by atoms with Crippen LogP contribution >= 0.6 is 0 Å². The Morgan fingerprint density at radius 1 is 1.42 bits per heavy atom. The van der Waals surface area contributed by atoms with Crippen molar-refractivity contribution in [3.8, 4) is 6.07 Å². The number of anilines is 1. The number of aromatic nitrogens is 1. The van der Waals surface area contributed by atoms with Gasteiger partial charge in [0, 0.05) is 30.4 Å². The number of morpholine rings is 1. The van der Waals surface area contributed by atoms with Crippen LogP contribution in [0, 0.1) is 11.3 Å². The second kappa shape index (κ2) is 4.87. The van der Waals surface area contributed by atoms with Crippen LogP contribution < -0.4 is 4.90 Å². The first-order valence-corrected chi connectivity index (χ1v) is 6.44. The number of nitrogens with zero attached hydrogens (tertiary/aromatic N) is 3. The van der Waals surface area contributed by atoms with Gasteiger partial charge in [0.1, 0.15) is 6.07 Å². The van der Waals surface area contributed by atoms with Crippen LogP contribution in [0.2, 0.25) is 0 Å². The molecule has 96 valence electrons. The third-order valence-corrected chi connectivity index (χ3v) is 3.45. The van der Waals surface area contributed by atoms with E-state index in [0.29, 0.717) is 5.56 Å². The van der Waals surface area contributed by atoms with E-state index in [9.17, 15) is 0 Å². The molecule has 0 N–H and O–H groups in total. The number of hydrogen-bond acceptors (Lipinski definition) is 4. The van der Waals surface area contributed by atoms with Gasteiger partial charge in [-0.2, -0.15) is 5.26 Å². The minimum Gasteiger partial charge on any atom is -0.375 e. The molecule has 1 saturated heterocycles. The van der Waals surface area contributed by atoms with E-state index in [2.05, 4.69) is 22.9 Å². The average Bonchev–Trinajstić information content (AvgIpc) is 2.46. The van der Waals surface area contributed by atoms with Crippen molar-refractivity contribution in [2.45, 2.75) is 13.0 Å². The van der Waals surface area contributed by atoms with Gasteiger partial charge in [-0.05, 0) is 31.2 Å². The summed E-state index contributed by atoms with van der Waals surface area (Å²) < 4.78 is 5.58. The maximum Gasteiger partial charge on any atom is 0.101 e. The molecule has 4 heteroatoms. The van der Waals surface area contributed by atoms with Crippen molar-refractivity contribution in [2.75, 3.05) is 24.6 Å². The Morgan fingerprint density at radius 3 is 3.11 bits per heavy atom. The number of nitriles is 1. The van der Waals surface area contributed by atoms with Crippen molar-refractivity contribution in [1.82, 2.24) is 4.98 Å². The summed E-state index contributed by atoms with van der Waals surface area (Å²) >= 11 is 0. The quantitative estimate of drug-likeness (QED) is 0.782. The van der Waals surface area contributed by atoms with Gasteiger partial charge in [-0.25, -0.2) is 0 Å². The smallest absolute Gasteiger partial charge is 0.101 e. The van der Waals surface area contributed by atoms with Crippen molar-refractivity contribution in [3.05, 3.63) is 36.0 Å². The normalized spacial score (nSPS) is 19.4. The Morgan fingerprint density at radius 2 is 2.32 bits per heavy atom. The van der Waals surface area contributed by atoms with Crippen LogP contribution in [0.5, 0.6) is 0 Å². The predicted molar refractivity (Wildman–Crippen MR) is 74.1 cm³/mol. The fourth-order valence-corrected chi connectivity index (χ4v) is 2.56. The van der Waals surface area contributed by atoms with Crippen LogP contribution in [-0.2, 0) is 4.74 Å². The molecular weight excluding hydrogens is 238 g/mol.